The van der Waals surface area contributed by atoms with Crippen LogP contribution in [0.2, 0.25) is 0 Å². The summed E-state index contributed by atoms with van der Waals surface area (Å²) in [6.45, 7) is 5.54. The van der Waals surface area contributed by atoms with Crippen LogP contribution in [0.5, 0.6) is 0 Å². The van der Waals surface area contributed by atoms with E-state index in [0.717, 1.165) is 37.1 Å². The van der Waals surface area contributed by atoms with Gasteiger partial charge in [-0.05, 0) is 19.8 Å². The van der Waals surface area contributed by atoms with Gasteiger partial charge in [0.25, 0.3) is 0 Å². The van der Waals surface area contributed by atoms with Crippen molar-refractivity contribution in [2.75, 3.05) is 31.1 Å². The molecule has 2 fully saturated rings. The zero-order valence-corrected chi connectivity index (χ0v) is 12.4. The lowest BCUT2D eigenvalue weighted by Gasteiger charge is -2.37. The highest BCUT2D eigenvalue weighted by Gasteiger charge is 2.30. The van der Waals surface area contributed by atoms with Crippen LogP contribution in [0.15, 0.2) is 5.16 Å². The predicted octanol–water partition coefficient (Wildman–Crippen LogP) is 0.672. The maximum absolute atomic E-state index is 8.74. The predicted molar refractivity (Wildman–Crippen MR) is 78.5 cm³/mol. The van der Waals surface area contributed by atoms with Crippen molar-refractivity contribution in [3.05, 3.63) is 5.82 Å². The van der Waals surface area contributed by atoms with Gasteiger partial charge in [-0.3, -0.25) is 4.90 Å². The molecule has 0 spiro atoms. The van der Waals surface area contributed by atoms with E-state index in [9.17, 15) is 0 Å². The smallest absolute Gasteiger partial charge is 0.205 e. The molecule has 0 amide bonds. The van der Waals surface area contributed by atoms with Gasteiger partial charge >= 0.3 is 0 Å². The number of nitrogens with two attached hydrogens (primary N) is 1. The highest BCUT2D eigenvalue weighted by Crippen LogP contribution is 2.39. The van der Waals surface area contributed by atoms with Crippen LogP contribution in [0.3, 0.4) is 0 Å². The lowest BCUT2D eigenvalue weighted by Crippen LogP contribution is -2.53. The summed E-state index contributed by atoms with van der Waals surface area (Å²) in [6.07, 6.45) is 2.47. The Hall–Kier alpha value is -1.41. The van der Waals surface area contributed by atoms with E-state index in [4.69, 9.17) is 10.9 Å². The van der Waals surface area contributed by atoms with Crippen LogP contribution in [0.1, 0.15) is 31.5 Å². The molecule has 0 aromatic carbocycles. The van der Waals surface area contributed by atoms with Gasteiger partial charge in [-0.1, -0.05) is 5.16 Å². The molecule has 1 saturated carbocycles. The topological polar surface area (TPSA) is 90.9 Å². The Morgan fingerprint density at radius 2 is 2.10 bits per heavy atom. The maximum atomic E-state index is 8.74. The van der Waals surface area contributed by atoms with Crippen LogP contribution in [0, 0.1) is 0 Å². The van der Waals surface area contributed by atoms with Crippen molar-refractivity contribution in [1.29, 1.82) is 0 Å². The molecule has 0 bridgehead atoms. The highest BCUT2D eigenvalue weighted by atomic mass is 32.1. The zero-order chi connectivity index (χ0) is 14.1. The van der Waals surface area contributed by atoms with Crippen molar-refractivity contribution in [3.63, 3.8) is 0 Å². The molecule has 1 atom stereocenters. The van der Waals surface area contributed by atoms with Crippen molar-refractivity contribution < 1.29 is 5.21 Å². The first-order valence-corrected chi connectivity index (χ1v) is 7.76. The molecule has 3 N–H and O–H groups in total. The van der Waals surface area contributed by atoms with Crippen molar-refractivity contribution in [1.82, 2.24) is 14.3 Å². The van der Waals surface area contributed by atoms with Crippen molar-refractivity contribution >= 4 is 22.5 Å². The van der Waals surface area contributed by atoms with Crippen molar-refractivity contribution in [3.8, 4) is 0 Å². The Balaban J connectivity index is 1.57. The maximum Gasteiger partial charge on any atom is 0.205 e. The van der Waals surface area contributed by atoms with Crippen LogP contribution in [-0.4, -0.2) is 57.5 Å². The number of piperazine rings is 1. The minimum absolute atomic E-state index is 0.0291. The summed E-state index contributed by atoms with van der Waals surface area (Å²) in [5.74, 6) is 1.91. The van der Waals surface area contributed by atoms with E-state index < -0.39 is 0 Å². The average Bonchev–Trinajstić information content (AvgIpc) is 3.23. The number of hydrogen-bond donors (Lipinski definition) is 2. The third-order valence-electron chi connectivity index (χ3n) is 4.05. The molecular formula is C12H20N6OS. The summed E-state index contributed by atoms with van der Waals surface area (Å²) in [5.41, 5.74) is 5.66. The monoisotopic (exact) mass is 296 g/mol. The molecule has 0 radical (unpaired) electrons. The standard InChI is InChI=1S/C12H20N6OS/c1-8(10(13)15-19)17-4-6-18(7-5-17)12-14-11(16-20-12)9-2-3-9/h8-9,19H,2-7H2,1H3,(H2,13,15). The number of aromatic nitrogens is 2. The molecule has 2 aliphatic rings. The average molecular weight is 296 g/mol. The zero-order valence-electron chi connectivity index (χ0n) is 11.6. The van der Waals surface area contributed by atoms with Gasteiger partial charge in [0.15, 0.2) is 5.84 Å². The van der Waals surface area contributed by atoms with Crippen LogP contribution < -0.4 is 10.6 Å². The summed E-state index contributed by atoms with van der Waals surface area (Å²) >= 11 is 1.50. The van der Waals surface area contributed by atoms with Crippen molar-refractivity contribution in [2.45, 2.75) is 31.7 Å². The third kappa shape index (κ3) is 2.71. The fraction of sp³-hybridized carbons (Fsp3) is 0.750. The van der Waals surface area contributed by atoms with E-state index >= 15 is 0 Å². The second-order valence-electron chi connectivity index (χ2n) is 5.43. The van der Waals surface area contributed by atoms with E-state index in [2.05, 4.69) is 24.3 Å². The van der Waals surface area contributed by atoms with E-state index in [-0.39, 0.29) is 11.9 Å². The highest BCUT2D eigenvalue weighted by molar-refractivity contribution is 7.09. The van der Waals surface area contributed by atoms with Gasteiger partial charge in [0, 0.05) is 43.6 Å². The fourth-order valence-corrected chi connectivity index (χ4v) is 3.23. The number of nitrogens with zero attached hydrogens (tertiary/aromatic N) is 5. The lowest BCUT2D eigenvalue weighted by atomic mass is 10.2. The number of amidine groups is 1. The minimum Gasteiger partial charge on any atom is -0.409 e. The summed E-state index contributed by atoms with van der Waals surface area (Å²) in [6, 6.07) is -0.0291. The Kier molecular flexibility index (Phi) is 3.75. The molecule has 3 rings (SSSR count). The Morgan fingerprint density at radius 1 is 1.40 bits per heavy atom. The Bertz CT molecular complexity index is 492. The van der Waals surface area contributed by atoms with Gasteiger partial charge < -0.3 is 15.8 Å². The van der Waals surface area contributed by atoms with Crippen LogP contribution in [0.4, 0.5) is 5.13 Å². The van der Waals surface area contributed by atoms with Gasteiger partial charge in [0.05, 0.1) is 6.04 Å². The van der Waals surface area contributed by atoms with E-state index in [1.807, 2.05) is 6.92 Å². The minimum atomic E-state index is -0.0291. The third-order valence-corrected chi connectivity index (χ3v) is 4.84. The quantitative estimate of drug-likeness (QED) is 0.367. The second kappa shape index (κ2) is 5.53. The number of hydrogen-bond acceptors (Lipinski definition) is 7. The first-order chi connectivity index (χ1) is 9.69. The second-order valence-corrected chi connectivity index (χ2v) is 6.16. The van der Waals surface area contributed by atoms with Crippen LogP contribution in [-0.2, 0) is 0 Å². The van der Waals surface area contributed by atoms with E-state index in [1.54, 1.807) is 0 Å². The van der Waals surface area contributed by atoms with E-state index in [0.29, 0.717) is 5.92 Å². The summed E-state index contributed by atoms with van der Waals surface area (Å²) in [7, 11) is 0. The molecule has 1 aliphatic heterocycles. The SMILES string of the molecule is CC(C(N)=NO)N1CCN(c2nc(C3CC3)ns2)CC1. The largest absolute Gasteiger partial charge is 0.409 e. The Morgan fingerprint density at radius 3 is 2.70 bits per heavy atom. The fourth-order valence-electron chi connectivity index (χ4n) is 2.43. The molecule has 7 nitrogen and oxygen atoms in total. The molecule has 1 saturated heterocycles. The lowest BCUT2D eigenvalue weighted by molar-refractivity contribution is 0.230. The van der Waals surface area contributed by atoms with Gasteiger partial charge in [-0.25, -0.2) is 4.98 Å². The molecule has 20 heavy (non-hydrogen) atoms. The Labute approximate surface area is 122 Å². The van der Waals surface area contributed by atoms with Crippen LogP contribution in [0.25, 0.3) is 0 Å². The molecular weight excluding hydrogens is 276 g/mol. The van der Waals surface area contributed by atoms with Crippen LogP contribution >= 0.6 is 11.5 Å². The van der Waals surface area contributed by atoms with E-state index in [1.165, 1.54) is 24.4 Å². The van der Waals surface area contributed by atoms with Gasteiger partial charge in [-0.2, -0.15) is 4.37 Å². The number of anilines is 1. The molecule has 1 aromatic rings. The molecule has 110 valence electrons. The summed E-state index contributed by atoms with van der Waals surface area (Å²) < 4.78 is 4.45. The molecule has 2 heterocycles. The van der Waals surface area contributed by atoms with Gasteiger partial charge in [-0.15, -0.1) is 0 Å². The normalized spacial score (nSPS) is 23.1. The first kappa shape index (κ1) is 13.6. The molecule has 1 aliphatic carbocycles. The van der Waals surface area contributed by atoms with Gasteiger partial charge in [0.1, 0.15) is 5.82 Å². The molecule has 8 heteroatoms. The van der Waals surface area contributed by atoms with Gasteiger partial charge in [0.2, 0.25) is 5.13 Å². The van der Waals surface area contributed by atoms with Crippen molar-refractivity contribution in [2.24, 2.45) is 10.9 Å². The first-order valence-electron chi connectivity index (χ1n) is 6.99. The number of rotatable bonds is 4. The summed E-state index contributed by atoms with van der Waals surface area (Å²) in [4.78, 5) is 9.14. The summed E-state index contributed by atoms with van der Waals surface area (Å²) in [5, 5.41) is 12.9. The number of oxime groups is 1. The molecule has 1 aromatic heterocycles. The molecule has 1 unspecified atom stereocenters.